The van der Waals surface area contributed by atoms with Crippen molar-refractivity contribution >= 4 is 34.0 Å². The molecule has 0 aliphatic heterocycles. The number of ether oxygens (including phenoxy) is 1. The molecule has 0 aliphatic rings. The molecule has 1 heterocycles. The Balaban J connectivity index is 1.60. The molecular formula is C21H21ClN2O2S. The molecule has 2 aromatic carbocycles. The molecular weight excluding hydrogens is 380 g/mol. The predicted molar refractivity (Wildman–Crippen MR) is 112 cm³/mol. The standard InChI is InChI=1S/C21H21ClN2O2S/c1-3-4-15-5-7-16(8-6-15)19-13-27-21(23-19)24-20(25)14(2)26-18-11-9-17(22)10-12-18/h5-14H,3-4H2,1-2H3,(H,23,24,25). The van der Waals surface area contributed by atoms with E-state index >= 15 is 0 Å². The van der Waals surface area contributed by atoms with E-state index in [0.717, 1.165) is 24.1 Å². The van der Waals surface area contributed by atoms with Gasteiger partial charge in [-0.15, -0.1) is 11.3 Å². The van der Waals surface area contributed by atoms with Gasteiger partial charge in [0.1, 0.15) is 5.75 Å². The van der Waals surface area contributed by atoms with Gasteiger partial charge < -0.3 is 4.74 Å². The maximum atomic E-state index is 12.4. The van der Waals surface area contributed by atoms with Crippen LogP contribution in [0.1, 0.15) is 25.8 Å². The summed E-state index contributed by atoms with van der Waals surface area (Å²) in [5, 5.41) is 5.93. The SMILES string of the molecule is CCCc1ccc(-c2csc(NC(=O)C(C)Oc3ccc(Cl)cc3)n2)cc1. The fourth-order valence-corrected chi connectivity index (χ4v) is 3.42. The normalized spacial score (nSPS) is 11.8. The number of benzene rings is 2. The highest BCUT2D eigenvalue weighted by atomic mass is 35.5. The number of rotatable bonds is 7. The first kappa shape index (κ1) is 19.4. The zero-order valence-electron chi connectivity index (χ0n) is 15.2. The van der Waals surface area contributed by atoms with Crippen LogP contribution >= 0.6 is 22.9 Å². The second-order valence-corrected chi connectivity index (χ2v) is 7.48. The summed E-state index contributed by atoms with van der Waals surface area (Å²) in [6.45, 7) is 3.87. The topological polar surface area (TPSA) is 51.2 Å². The summed E-state index contributed by atoms with van der Waals surface area (Å²) >= 11 is 7.25. The average molecular weight is 401 g/mol. The lowest BCUT2D eigenvalue weighted by molar-refractivity contribution is -0.122. The number of aryl methyl sites for hydroxylation is 1. The minimum Gasteiger partial charge on any atom is -0.481 e. The molecule has 1 aromatic heterocycles. The minimum atomic E-state index is -0.646. The molecule has 0 fully saturated rings. The second-order valence-electron chi connectivity index (χ2n) is 6.19. The molecule has 0 bridgehead atoms. The Morgan fingerprint density at radius 1 is 1.19 bits per heavy atom. The van der Waals surface area contributed by atoms with E-state index in [2.05, 4.69) is 41.5 Å². The number of anilines is 1. The van der Waals surface area contributed by atoms with E-state index in [1.54, 1.807) is 31.2 Å². The molecule has 0 aliphatic carbocycles. The zero-order valence-corrected chi connectivity index (χ0v) is 16.8. The Morgan fingerprint density at radius 3 is 2.56 bits per heavy atom. The van der Waals surface area contributed by atoms with Gasteiger partial charge in [-0.2, -0.15) is 0 Å². The number of carbonyl (C=O) groups is 1. The number of hydrogen-bond donors (Lipinski definition) is 1. The van der Waals surface area contributed by atoms with E-state index in [1.807, 2.05) is 5.38 Å². The summed E-state index contributed by atoms with van der Waals surface area (Å²) in [5.41, 5.74) is 3.21. The fraction of sp³-hybridized carbons (Fsp3) is 0.238. The number of halogens is 1. The molecule has 3 rings (SSSR count). The van der Waals surface area contributed by atoms with Gasteiger partial charge in [0, 0.05) is 16.0 Å². The molecule has 0 saturated heterocycles. The Hall–Kier alpha value is -2.37. The van der Waals surface area contributed by atoms with Crippen LogP contribution in [0.2, 0.25) is 5.02 Å². The second kappa shape index (κ2) is 9.02. The number of thiazole rings is 1. The van der Waals surface area contributed by atoms with E-state index < -0.39 is 6.10 Å². The molecule has 140 valence electrons. The third-order valence-corrected chi connectivity index (χ3v) is 5.03. The number of nitrogens with one attached hydrogen (secondary N) is 1. The van der Waals surface area contributed by atoms with Crippen molar-refractivity contribution < 1.29 is 9.53 Å². The maximum Gasteiger partial charge on any atom is 0.266 e. The van der Waals surface area contributed by atoms with E-state index in [4.69, 9.17) is 16.3 Å². The molecule has 4 nitrogen and oxygen atoms in total. The number of carbonyl (C=O) groups excluding carboxylic acids is 1. The van der Waals surface area contributed by atoms with Crippen molar-refractivity contribution in [2.75, 3.05) is 5.32 Å². The van der Waals surface area contributed by atoms with Crippen LogP contribution in [0.4, 0.5) is 5.13 Å². The minimum absolute atomic E-state index is 0.246. The van der Waals surface area contributed by atoms with Gasteiger partial charge >= 0.3 is 0 Å². The maximum absolute atomic E-state index is 12.4. The fourth-order valence-electron chi connectivity index (χ4n) is 2.57. The van der Waals surface area contributed by atoms with Crippen molar-refractivity contribution in [1.29, 1.82) is 0 Å². The summed E-state index contributed by atoms with van der Waals surface area (Å²) in [7, 11) is 0. The van der Waals surface area contributed by atoms with E-state index in [1.165, 1.54) is 16.9 Å². The van der Waals surface area contributed by atoms with Gasteiger partial charge in [-0.05, 0) is 43.2 Å². The van der Waals surface area contributed by atoms with E-state index in [0.29, 0.717) is 15.9 Å². The smallest absolute Gasteiger partial charge is 0.266 e. The van der Waals surface area contributed by atoms with Gasteiger partial charge in [0.05, 0.1) is 5.69 Å². The van der Waals surface area contributed by atoms with Crippen molar-refractivity contribution in [2.24, 2.45) is 0 Å². The van der Waals surface area contributed by atoms with Gasteiger partial charge in [-0.3, -0.25) is 10.1 Å². The van der Waals surface area contributed by atoms with Crippen LogP contribution in [0.3, 0.4) is 0 Å². The van der Waals surface area contributed by atoms with Gasteiger partial charge in [0.15, 0.2) is 11.2 Å². The first-order chi connectivity index (χ1) is 13.0. The van der Waals surface area contributed by atoms with Crippen LogP contribution < -0.4 is 10.1 Å². The summed E-state index contributed by atoms with van der Waals surface area (Å²) in [6.07, 6.45) is 1.55. The molecule has 1 unspecified atom stereocenters. The van der Waals surface area contributed by atoms with Crippen molar-refractivity contribution in [1.82, 2.24) is 4.98 Å². The van der Waals surface area contributed by atoms with Crippen LogP contribution in [-0.2, 0) is 11.2 Å². The number of amides is 1. The predicted octanol–water partition coefficient (Wildman–Crippen LogP) is 5.82. The zero-order chi connectivity index (χ0) is 19.2. The molecule has 0 radical (unpaired) electrons. The van der Waals surface area contributed by atoms with E-state index in [-0.39, 0.29) is 5.91 Å². The molecule has 6 heteroatoms. The van der Waals surface area contributed by atoms with Crippen LogP contribution in [0.15, 0.2) is 53.9 Å². The lowest BCUT2D eigenvalue weighted by atomic mass is 10.1. The molecule has 1 amide bonds. The molecule has 1 atom stereocenters. The van der Waals surface area contributed by atoms with Crippen molar-refractivity contribution in [2.45, 2.75) is 32.8 Å². The van der Waals surface area contributed by atoms with Crippen LogP contribution in [0.5, 0.6) is 5.75 Å². The molecule has 27 heavy (non-hydrogen) atoms. The van der Waals surface area contributed by atoms with Crippen LogP contribution in [0, 0.1) is 0 Å². The lowest BCUT2D eigenvalue weighted by Gasteiger charge is -2.13. The Morgan fingerprint density at radius 2 is 1.89 bits per heavy atom. The van der Waals surface area contributed by atoms with Gasteiger partial charge in [0.2, 0.25) is 0 Å². The molecule has 3 aromatic rings. The Kier molecular flexibility index (Phi) is 6.48. The first-order valence-corrected chi connectivity index (χ1v) is 10.1. The highest BCUT2D eigenvalue weighted by molar-refractivity contribution is 7.14. The Labute approximate surface area is 168 Å². The van der Waals surface area contributed by atoms with E-state index in [9.17, 15) is 4.79 Å². The number of nitrogens with zero attached hydrogens (tertiary/aromatic N) is 1. The molecule has 0 spiro atoms. The summed E-state index contributed by atoms with van der Waals surface area (Å²) in [4.78, 5) is 16.9. The number of hydrogen-bond acceptors (Lipinski definition) is 4. The van der Waals surface area contributed by atoms with Crippen molar-refractivity contribution in [3.8, 4) is 17.0 Å². The monoisotopic (exact) mass is 400 g/mol. The van der Waals surface area contributed by atoms with Crippen LogP contribution in [0.25, 0.3) is 11.3 Å². The summed E-state index contributed by atoms with van der Waals surface area (Å²) in [5.74, 6) is 0.346. The van der Waals surface area contributed by atoms with Gasteiger partial charge in [0.25, 0.3) is 5.91 Å². The number of aromatic nitrogens is 1. The highest BCUT2D eigenvalue weighted by Crippen LogP contribution is 2.26. The van der Waals surface area contributed by atoms with Crippen molar-refractivity contribution in [3.05, 3.63) is 64.5 Å². The highest BCUT2D eigenvalue weighted by Gasteiger charge is 2.16. The van der Waals surface area contributed by atoms with Crippen LogP contribution in [-0.4, -0.2) is 17.0 Å². The summed E-state index contributed by atoms with van der Waals surface area (Å²) in [6, 6.07) is 15.3. The van der Waals surface area contributed by atoms with Gasteiger partial charge in [-0.1, -0.05) is 49.2 Å². The first-order valence-electron chi connectivity index (χ1n) is 8.83. The van der Waals surface area contributed by atoms with Crippen molar-refractivity contribution in [3.63, 3.8) is 0 Å². The third kappa shape index (κ3) is 5.31. The Bertz CT molecular complexity index is 891. The largest absolute Gasteiger partial charge is 0.481 e. The molecule has 0 saturated carbocycles. The quantitative estimate of drug-likeness (QED) is 0.543. The lowest BCUT2D eigenvalue weighted by Crippen LogP contribution is -2.30. The van der Waals surface area contributed by atoms with Gasteiger partial charge in [-0.25, -0.2) is 4.98 Å². The average Bonchev–Trinajstić information content (AvgIpc) is 3.13. The summed E-state index contributed by atoms with van der Waals surface area (Å²) < 4.78 is 5.64. The molecule has 1 N–H and O–H groups in total. The third-order valence-electron chi connectivity index (χ3n) is 4.02.